The third-order valence-corrected chi connectivity index (χ3v) is 3.71. The Morgan fingerprint density at radius 3 is 2.81 bits per heavy atom. The first-order valence-electron chi connectivity index (χ1n) is 7.16. The molecule has 1 fully saturated rings. The van der Waals surface area contributed by atoms with Crippen LogP contribution in [0.15, 0.2) is 12.1 Å². The second kappa shape index (κ2) is 6.80. The number of halogens is 2. The summed E-state index contributed by atoms with van der Waals surface area (Å²) in [6, 6.07) is 1.78. The summed E-state index contributed by atoms with van der Waals surface area (Å²) in [5.41, 5.74) is -0.608. The highest BCUT2D eigenvalue weighted by molar-refractivity contribution is 5.65. The van der Waals surface area contributed by atoms with E-state index in [0.717, 1.165) is 31.5 Å². The highest BCUT2D eigenvalue weighted by atomic mass is 19.2. The molecule has 1 heterocycles. The molecule has 1 aromatic carbocycles. The number of piperidine rings is 1. The van der Waals surface area contributed by atoms with E-state index in [1.54, 1.807) is 4.90 Å². The van der Waals surface area contributed by atoms with Crippen LogP contribution in [0.1, 0.15) is 26.2 Å². The molecule has 0 radical (unpaired) electrons. The van der Waals surface area contributed by atoms with Crippen LogP contribution in [-0.4, -0.2) is 30.6 Å². The Bertz CT molecular complexity index is 519. The van der Waals surface area contributed by atoms with Gasteiger partial charge in [-0.15, -0.1) is 0 Å². The molecule has 0 bridgehead atoms. The lowest BCUT2D eigenvalue weighted by molar-refractivity contribution is -0.384. The van der Waals surface area contributed by atoms with Crippen molar-refractivity contribution in [1.29, 1.82) is 0 Å². The standard InChI is InChI=1S/C14H19F2N3O2/c1-2-8-18(10-4-3-7-17-9-10)14-12(19(20)21)6-5-11(15)13(14)16/h5-6,10,17H,2-4,7-9H2,1H3. The maximum atomic E-state index is 14.2. The first-order chi connectivity index (χ1) is 10.1. The fourth-order valence-electron chi connectivity index (χ4n) is 2.77. The van der Waals surface area contributed by atoms with Crippen molar-refractivity contribution in [1.82, 2.24) is 5.32 Å². The molecule has 1 saturated heterocycles. The van der Waals surface area contributed by atoms with Crippen molar-refractivity contribution in [3.05, 3.63) is 33.9 Å². The van der Waals surface area contributed by atoms with Gasteiger partial charge in [0.25, 0.3) is 5.69 Å². The van der Waals surface area contributed by atoms with Crippen LogP contribution in [-0.2, 0) is 0 Å². The van der Waals surface area contributed by atoms with Gasteiger partial charge < -0.3 is 10.2 Å². The number of nitro benzene ring substituents is 1. The fraction of sp³-hybridized carbons (Fsp3) is 0.571. The monoisotopic (exact) mass is 299 g/mol. The Labute approximate surface area is 122 Å². The summed E-state index contributed by atoms with van der Waals surface area (Å²) in [5.74, 6) is -2.19. The van der Waals surface area contributed by atoms with Gasteiger partial charge in [-0.1, -0.05) is 6.92 Å². The van der Waals surface area contributed by atoms with Crippen molar-refractivity contribution in [2.75, 3.05) is 24.5 Å². The summed E-state index contributed by atoms with van der Waals surface area (Å²) in [7, 11) is 0. The van der Waals surface area contributed by atoms with Crippen molar-refractivity contribution < 1.29 is 13.7 Å². The maximum absolute atomic E-state index is 14.2. The summed E-state index contributed by atoms with van der Waals surface area (Å²) in [6.07, 6.45) is 2.42. The summed E-state index contributed by atoms with van der Waals surface area (Å²) in [6.45, 7) is 3.86. The average Bonchev–Trinajstić information content (AvgIpc) is 2.48. The number of nitrogens with one attached hydrogen (secondary N) is 1. The van der Waals surface area contributed by atoms with E-state index in [9.17, 15) is 18.9 Å². The van der Waals surface area contributed by atoms with Gasteiger partial charge >= 0.3 is 0 Å². The zero-order chi connectivity index (χ0) is 15.4. The SMILES string of the molecule is CCCN(c1c([N+](=O)[O-])ccc(F)c1F)C1CCCNC1. The second-order valence-electron chi connectivity index (χ2n) is 5.18. The topological polar surface area (TPSA) is 58.4 Å². The molecule has 0 aromatic heterocycles. The van der Waals surface area contributed by atoms with Crippen LogP contribution in [0, 0.1) is 21.7 Å². The molecule has 1 N–H and O–H groups in total. The molecule has 1 aliphatic heterocycles. The minimum Gasteiger partial charge on any atom is -0.359 e. The van der Waals surface area contributed by atoms with Gasteiger partial charge in [-0.25, -0.2) is 8.78 Å². The van der Waals surface area contributed by atoms with E-state index in [0.29, 0.717) is 19.5 Å². The van der Waals surface area contributed by atoms with E-state index < -0.39 is 16.6 Å². The summed E-state index contributed by atoms with van der Waals surface area (Å²) in [4.78, 5) is 12.1. The van der Waals surface area contributed by atoms with Gasteiger partial charge in [0.05, 0.1) is 4.92 Å². The van der Waals surface area contributed by atoms with E-state index >= 15 is 0 Å². The molecule has 2 rings (SSSR count). The highest BCUT2D eigenvalue weighted by Gasteiger charge is 2.31. The molecule has 0 saturated carbocycles. The lowest BCUT2D eigenvalue weighted by Crippen LogP contribution is -2.47. The number of anilines is 1. The number of nitro groups is 1. The van der Waals surface area contributed by atoms with Crippen LogP contribution < -0.4 is 10.2 Å². The predicted octanol–water partition coefficient (Wildman–Crippen LogP) is 2.84. The van der Waals surface area contributed by atoms with Gasteiger partial charge in [0.2, 0.25) is 0 Å². The van der Waals surface area contributed by atoms with Gasteiger partial charge in [-0.05, 0) is 31.9 Å². The molecule has 7 heteroatoms. The lowest BCUT2D eigenvalue weighted by Gasteiger charge is -2.36. The van der Waals surface area contributed by atoms with Gasteiger partial charge in [0.15, 0.2) is 17.3 Å². The van der Waals surface area contributed by atoms with Crippen LogP contribution in [0.2, 0.25) is 0 Å². The number of nitrogens with zero attached hydrogens (tertiary/aromatic N) is 2. The number of hydrogen-bond donors (Lipinski definition) is 1. The maximum Gasteiger partial charge on any atom is 0.295 e. The molecular weight excluding hydrogens is 280 g/mol. The molecule has 0 spiro atoms. The smallest absolute Gasteiger partial charge is 0.295 e. The minimum absolute atomic E-state index is 0.0614. The number of benzene rings is 1. The molecule has 21 heavy (non-hydrogen) atoms. The zero-order valence-electron chi connectivity index (χ0n) is 11.9. The highest BCUT2D eigenvalue weighted by Crippen LogP contribution is 2.35. The minimum atomic E-state index is -1.14. The van der Waals surface area contributed by atoms with Crippen molar-refractivity contribution >= 4 is 11.4 Å². The first-order valence-corrected chi connectivity index (χ1v) is 7.16. The Balaban J connectivity index is 2.47. The summed E-state index contributed by atoms with van der Waals surface area (Å²) < 4.78 is 27.8. The summed E-state index contributed by atoms with van der Waals surface area (Å²) >= 11 is 0. The van der Waals surface area contributed by atoms with E-state index in [1.165, 1.54) is 0 Å². The zero-order valence-corrected chi connectivity index (χ0v) is 11.9. The van der Waals surface area contributed by atoms with Gasteiger partial charge in [0.1, 0.15) is 0 Å². The van der Waals surface area contributed by atoms with Crippen LogP contribution in [0.4, 0.5) is 20.2 Å². The van der Waals surface area contributed by atoms with Crippen LogP contribution in [0.25, 0.3) is 0 Å². The van der Waals surface area contributed by atoms with Crippen molar-refractivity contribution in [2.45, 2.75) is 32.2 Å². The Morgan fingerprint density at radius 1 is 1.48 bits per heavy atom. The average molecular weight is 299 g/mol. The Morgan fingerprint density at radius 2 is 2.24 bits per heavy atom. The van der Waals surface area contributed by atoms with E-state index in [1.807, 2.05) is 6.92 Å². The summed E-state index contributed by atoms with van der Waals surface area (Å²) in [5, 5.41) is 14.3. The van der Waals surface area contributed by atoms with Gasteiger partial charge in [0, 0.05) is 25.2 Å². The van der Waals surface area contributed by atoms with Crippen LogP contribution >= 0.6 is 0 Å². The van der Waals surface area contributed by atoms with Crippen molar-refractivity contribution in [3.8, 4) is 0 Å². The molecule has 5 nitrogen and oxygen atoms in total. The van der Waals surface area contributed by atoms with Gasteiger partial charge in [-0.2, -0.15) is 0 Å². The van der Waals surface area contributed by atoms with E-state index in [4.69, 9.17) is 0 Å². The largest absolute Gasteiger partial charge is 0.359 e. The molecule has 1 aromatic rings. The van der Waals surface area contributed by atoms with Crippen LogP contribution in [0.3, 0.4) is 0 Å². The van der Waals surface area contributed by atoms with Crippen molar-refractivity contribution in [3.63, 3.8) is 0 Å². The van der Waals surface area contributed by atoms with E-state index in [-0.39, 0.29) is 17.4 Å². The normalized spacial score (nSPS) is 18.5. The Hall–Kier alpha value is -1.76. The first kappa shape index (κ1) is 15.6. The molecule has 1 unspecified atom stereocenters. The Kier molecular flexibility index (Phi) is 5.06. The van der Waals surface area contributed by atoms with Crippen LogP contribution in [0.5, 0.6) is 0 Å². The molecule has 0 aliphatic carbocycles. The van der Waals surface area contributed by atoms with E-state index in [2.05, 4.69) is 5.32 Å². The molecule has 0 amide bonds. The fourth-order valence-corrected chi connectivity index (χ4v) is 2.77. The predicted molar refractivity (Wildman–Crippen MR) is 76.5 cm³/mol. The van der Waals surface area contributed by atoms with Crippen molar-refractivity contribution in [2.24, 2.45) is 0 Å². The molecular formula is C14H19F2N3O2. The number of hydrogen-bond acceptors (Lipinski definition) is 4. The third kappa shape index (κ3) is 3.29. The van der Waals surface area contributed by atoms with Gasteiger partial charge in [-0.3, -0.25) is 10.1 Å². The number of rotatable bonds is 5. The quantitative estimate of drug-likeness (QED) is 0.671. The second-order valence-corrected chi connectivity index (χ2v) is 5.18. The molecule has 116 valence electrons. The molecule has 1 aliphatic rings. The lowest BCUT2D eigenvalue weighted by atomic mass is 10.0. The molecule has 1 atom stereocenters. The third-order valence-electron chi connectivity index (χ3n) is 3.71.